The third-order valence-corrected chi connectivity index (χ3v) is 3.22. The van der Waals surface area contributed by atoms with Gasteiger partial charge in [0.25, 0.3) is 0 Å². The molecule has 0 bridgehead atoms. The van der Waals surface area contributed by atoms with Gasteiger partial charge in [-0.2, -0.15) is 0 Å². The van der Waals surface area contributed by atoms with Gasteiger partial charge in [-0.05, 0) is 32.7 Å². The summed E-state index contributed by atoms with van der Waals surface area (Å²) in [6, 6.07) is 0.530. The molecule has 3 atom stereocenters. The Morgan fingerprint density at radius 3 is 3.07 bits per heavy atom. The van der Waals surface area contributed by atoms with Crippen molar-refractivity contribution in [3.8, 4) is 0 Å². The summed E-state index contributed by atoms with van der Waals surface area (Å²) >= 11 is 0. The molecule has 0 aromatic carbocycles. The Morgan fingerprint density at radius 1 is 1.53 bits per heavy atom. The Morgan fingerprint density at radius 2 is 2.40 bits per heavy atom. The number of aliphatic hydroxyl groups excluding tert-OH is 1. The zero-order valence-corrected chi connectivity index (χ0v) is 9.37. The van der Waals surface area contributed by atoms with Crippen molar-refractivity contribution in [3.63, 3.8) is 0 Å². The highest BCUT2D eigenvalue weighted by molar-refractivity contribution is 4.83. The summed E-state index contributed by atoms with van der Waals surface area (Å²) in [5.74, 6) is -0.443. The minimum Gasteiger partial charge on any atom is -0.396 e. The Balaban J connectivity index is 1.80. The van der Waals surface area contributed by atoms with Crippen LogP contribution in [0, 0.1) is 0 Å². The molecular weight excluding hydrogens is 194 g/mol. The van der Waals surface area contributed by atoms with Gasteiger partial charge in [-0.1, -0.05) is 0 Å². The maximum absolute atomic E-state index is 8.83. The SMILES string of the molecule is CC1(CC2CCCN2)OCC(CCO)O1. The topological polar surface area (TPSA) is 50.7 Å². The van der Waals surface area contributed by atoms with Crippen LogP contribution in [0.2, 0.25) is 0 Å². The van der Waals surface area contributed by atoms with Gasteiger partial charge in [0.1, 0.15) is 0 Å². The summed E-state index contributed by atoms with van der Waals surface area (Å²) < 4.78 is 11.5. The van der Waals surface area contributed by atoms with Gasteiger partial charge in [-0.3, -0.25) is 0 Å². The van der Waals surface area contributed by atoms with Crippen LogP contribution in [0.25, 0.3) is 0 Å². The highest BCUT2D eigenvalue weighted by atomic mass is 16.7. The first kappa shape index (κ1) is 11.3. The summed E-state index contributed by atoms with van der Waals surface area (Å²) in [5, 5.41) is 12.3. The molecule has 4 nitrogen and oxygen atoms in total. The van der Waals surface area contributed by atoms with Gasteiger partial charge in [0.15, 0.2) is 5.79 Å². The van der Waals surface area contributed by atoms with E-state index in [1.165, 1.54) is 12.8 Å². The molecule has 0 saturated carbocycles. The molecule has 0 radical (unpaired) electrons. The second kappa shape index (κ2) is 4.78. The van der Waals surface area contributed by atoms with Crippen LogP contribution in [-0.2, 0) is 9.47 Å². The van der Waals surface area contributed by atoms with Gasteiger partial charge in [0, 0.05) is 19.1 Å². The second-order valence-corrected chi connectivity index (χ2v) is 4.69. The van der Waals surface area contributed by atoms with Crippen molar-refractivity contribution in [3.05, 3.63) is 0 Å². The zero-order chi connectivity index (χ0) is 10.7. The first-order valence-corrected chi connectivity index (χ1v) is 5.88. The predicted molar refractivity (Wildman–Crippen MR) is 56.6 cm³/mol. The van der Waals surface area contributed by atoms with Crippen LogP contribution in [-0.4, -0.2) is 42.8 Å². The van der Waals surface area contributed by atoms with Crippen molar-refractivity contribution in [2.24, 2.45) is 0 Å². The molecule has 15 heavy (non-hydrogen) atoms. The third-order valence-electron chi connectivity index (χ3n) is 3.22. The van der Waals surface area contributed by atoms with Gasteiger partial charge in [-0.25, -0.2) is 0 Å². The maximum atomic E-state index is 8.83. The molecule has 4 heteroatoms. The van der Waals surface area contributed by atoms with Crippen molar-refractivity contribution < 1.29 is 14.6 Å². The highest BCUT2D eigenvalue weighted by Crippen LogP contribution is 2.30. The van der Waals surface area contributed by atoms with Crippen LogP contribution < -0.4 is 5.32 Å². The lowest BCUT2D eigenvalue weighted by atomic mass is 10.1. The minimum absolute atomic E-state index is 0.0707. The quantitative estimate of drug-likeness (QED) is 0.722. The molecule has 2 rings (SSSR count). The van der Waals surface area contributed by atoms with Crippen molar-refractivity contribution in [2.45, 2.75) is 50.5 Å². The largest absolute Gasteiger partial charge is 0.396 e. The standard InChI is InChI=1S/C11H21NO3/c1-11(7-9-3-2-5-12-9)14-8-10(15-11)4-6-13/h9-10,12-13H,2-8H2,1H3. The lowest BCUT2D eigenvalue weighted by Crippen LogP contribution is -2.36. The van der Waals surface area contributed by atoms with Crippen LogP contribution in [0.5, 0.6) is 0 Å². The van der Waals surface area contributed by atoms with Crippen LogP contribution in [0.3, 0.4) is 0 Å². The van der Waals surface area contributed by atoms with E-state index in [1.807, 2.05) is 6.92 Å². The molecule has 3 unspecified atom stereocenters. The van der Waals surface area contributed by atoms with E-state index >= 15 is 0 Å². The Bertz CT molecular complexity index is 206. The van der Waals surface area contributed by atoms with Gasteiger partial charge in [0.2, 0.25) is 0 Å². The second-order valence-electron chi connectivity index (χ2n) is 4.69. The smallest absolute Gasteiger partial charge is 0.167 e. The molecule has 0 amide bonds. The van der Waals surface area contributed by atoms with Gasteiger partial charge in [0.05, 0.1) is 12.7 Å². The first-order chi connectivity index (χ1) is 7.22. The molecule has 88 valence electrons. The normalized spacial score (nSPS) is 41.2. The monoisotopic (exact) mass is 215 g/mol. The van der Waals surface area contributed by atoms with Gasteiger partial charge in [-0.15, -0.1) is 0 Å². The van der Waals surface area contributed by atoms with E-state index in [2.05, 4.69) is 5.32 Å². The number of ether oxygens (including phenoxy) is 2. The van der Waals surface area contributed by atoms with Crippen LogP contribution in [0.15, 0.2) is 0 Å². The van der Waals surface area contributed by atoms with Crippen molar-refractivity contribution >= 4 is 0 Å². The van der Waals surface area contributed by atoms with E-state index in [4.69, 9.17) is 14.6 Å². The Hall–Kier alpha value is -0.160. The molecule has 0 aliphatic carbocycles. The molecule has 0 spiro atoms. The van der Waals surface area contributed by atoms with Crippen LogP contribution in [0.4, 0.5) is 0 Å². The zero-order valence-electron chi connectivity index (χ0n) is 9.37. The average Bonchev–Trinajstić information content (AvgIpc) is 2.78. The fourth-order valence-corrected chi connectivity index (χ4v) is 2.46. The van der Waals surface area contributed by atoms with Crippen LogP contribution in [0.1, 0.15) is 32.6 Å². The number of rotatable bonds is 4. The minimum atomic E-state index is -0.443. The van der Waals surface area contributed by atoms with Crippen molar-refractivity contribution in [1.29, 1.82) is 0 Å². The maximum Gasteiger partial charge on any atom is 0.167 e. The van der Waals surface area contributed by atoms with Gasteiger partial charge >= 0.3 is 0 Å². The molecule has 2 aliphatic rings. The molecule has 2 N–H and O–H groups in total. The number of nitrogens with one attached hydrogen (secondary N) is 1. The first-order valence-electron chi connectivity index (χ1n) is 5.88. The molecule has 2 heterocycles. The van der Waals surface area contributed by atoms with E-state index in [9.17, 15) is 0 Å². The van der Waals surface area contributed by atoms with Crippen molar-refractivity contribution in [2.75, 3.05) is 19.8 Å². The molecule has 2 fully saturated rings. The van der Waals surface area contributed by atoms with Crippen LogP contribution >= 0.6 is 0 Å². The fraction of sp³-hybridized carbons (Fsp3) is 1.00. The Labute approximate surface area is 90.9 Å². The van der Waals surface area contributed by atoms with E-state index in [0.717, 1.165) is 13.0 Å². The summed E-state index contributed by atoms with van der Waals surface area (Å²) in [4.78, 5) is 0. The molecular formula is C11H21NO3. The van der Waals surface area contributed by atoms with Gasteiger partial charge < -0.3 is 19.9 Å². The predicted octanol–water partition coefficient (Wildman–Crippen LogP) is 0.642. The summed E-state index contributed by atoms with van der Waals surface area (Å²) in [6.07, 6.45) is 4.12. The fourth-order valence-electron chi connectivity index (χ4n) is 2.46. The number of hydrogen-bond donors (Lipinski definition) is 2. The highest BCUT2D eigenvalue weighted by Gasteiger charge is 2.39. The number of hydrogen-bond acceptors (Lipinski definition) is 4. The average molecular weight is 215 g/mol. The Kier molecular flexibility index (Phi) is 3.61. The van der Waals surface area contributed by atoms with E-state index in [1.54, 1.807) is 0 Å². The molecule has 2 saturated heterocycles. The van der Waals surface area contributed by atoms with E-state index in [-0.39, 0.29) is 12.7 Å². The van der Waals surface area contributed by atoms with E-state index < -0.39 is 5.79 Å². The van der Waals surface area contributed by atoms with Crippen molar-refractivity contribution in [1.82, 2.24) is 5.32 Å². The van der Waals surface area contributed by atoms with E-state index in [0.29, 0.717) is 19.1 Å². The summed E-state index contributed by atoms with van der Waals surface area (Å²) in [5.41, 5.74) is 0. The lowest BCUT2D eigenvalue weighted by molar-refractivity contribution is -0.163. The number of aliphatic hydroxyl groups is 1. The summed E-state index contributed by atoms with van der Waals surface area (Å²) in [7, 11) is 0. The molecule has 0 aromatic rings. The lowest BCUT2D eigenvalue weighted by Gasteiger charge is -2.26. The summed E-state index contributed by atoms with van der Waals surface area (Å²) in [6.45, 7) is 3.90. The third kappa shape index (κ3) is 2.91. The molecule has 2 aliphatic heterocycles. The molecule has 0 aromatic heterocycles.